The molecule has 3 nitrogen and oxygen atoms in total. The van der Waals surface area contributed by atoms with E-state index in [1.807, 2.05) is 49.5 Å². The van der Waals surface area contributed by atoms with Crippen LogP contribution in [0.3, 0.4) is 0 Å². The van der Waals surface area contributed by atoms with E-state index in [9.17, 15) is 0 Å². The molecule has 88 valence electrons. The number of aliphatic hydroxyl groups is 1. The van der Waals surface area contributed by atoms with E-state index in [-0.39, 0.29) is 6.61 Å². The summed E-state index contributed by atoms with van der Waals surface area (Å²) in [5.74, 6) is 0.660. The molecule has 0 atom stereocenters. The standard InChI is InChI=1S/C14H16N2O/c1-2-12(13-6-7-16-14(13)15)11-5-3-4-10(8-11)9-17/h2-8,16-17H,9,15H2,1H3/b12-2-. The Morgan fingerprint density at radius 1 is 1.41 bits per heavy atom. The summed E-state index contributed by atoms with van der Waals surface area (Å²) in [5, 5.41) is 9.15. The van der Waals surface area contributed by atoms with Gasteiger partial charge in [-0.25, -0.2) is 0 Å². The molecule has 17 heavy (non-hydrogen) atoms. The number of aliphatic hydroxyl groups excluding tert-OH is 1. The van der Waals surface area contributed by atoms with Gasteiger partial charge in [-0.3, -0.25) is 0 Å². The summed E-state index contributed by atoms with van der Waals surface area (Å²) < 4.78 is 0. The van der Waals surface area contributed by atoms with Gasteiger partial charge in [0.15, 0.2) is 0 Å². The Bertz CT molecular complexity index is 541. The van der Waals surface area contributed by atoms with Crippen LogP contribution in [-0.4, -0.2) is 10.1 Å². The molecule has 0 radical (unpaired) electrons. The normalized spacial score (nSPS) is 11.8. The van der Waals surface area contributed by atoms with Gasteiger partial charge in [0.1, 0.15) is 5.82 Å². The van der Waals surface area contributed by atoms with Crippen molar-refractivity contribution < 1.29 is 5.11 Å². The Balaban J connectivity index is 2.47. The molecule has 0 saturated heterocycles. The summed E-state index contributed by atoms with van der Waals surface area (Å²) in [7, 11) is 0. The molecule has 0 aliphatic heterocycles. The van der Waals surface area contributed by atoms with Crippen molar-refractivity contribution in [3.8, 4) is 0 Å². The summed E-state index contributed by atoms with van der Waals surface area (Å²) in [6.07, 6.45) is 3.85. The Labute approximate surface area is 101 Å². The van der Waals surface area contributed by atoms with Gasteiger partial charge in [0.2, 0.25) is 0 Å². The fourth-order valence-electron chi connectivity index (χ4n) is 1.93. The van der Waals surface area contributed by atoms with Crippen LogP contribution in [0.25, 0.3) is 5.57 Å². The van der Waals surface area contributed by atoms with Crippen LogP contribution in [-0.2, 0) is 6.61 Å². The smallest absolute Gasteiger partial charge is 0.108 e. The van der Waals surface area contributed by atoms with Crippen molar-refractivity contribution in [2.45, 2.75) is 13.5 Å². The Morgan fingerprint density at radius 2 is 2.24 bits per heavy atom. The van der Waals surface area contributed by atoms with E-state index in [0.717, 1.165) is 22.3 Å². The molecule has 0 aliphatic rings. The van der Waals surface area contributed by atoms with Crippen LogP contribution in [0.1, 0.15) is 23.6 Å². The fraction of sp³-hybridized carbons (Fsp3) is 0.143. The maximum Gasteiger partial charge on any atom is 0.108 e. The Hall–Kier alpha value is -2.00. The lowest BCUT2D eigenvalue weighted by atomic mass is 9.98. The number of hydrogen-bond donors (Lipinski definition) is 3. The first-order valence-electron chi connectivity index (χ1n) is 5.56. The molecule has 1 aromatic carbocycles. The minimum atomic E-state index is 0.0491. The van der Waals surface area contributed by atoms with Gasteiger partial charge in [0.05, 0.1) is 6.61 Å². The van der Waals surface area contributed by atoms with Crippen molar-refractivity contribution in [3.05, 3.63) is 59.3 Å². The van der Waals surface area contributed by atoms with Crippen LogP contribution in [0.4, 0.5) is 5.82 Å². The van der Waals surface area contributed by atoms with Crippen molar-refractivity contribution >= 4 is 11.4 Å². The number of allylic oxidation sites excluding steroid dienone is 1. The quantitative estimate of drug-likeness (QED) is 0.756. The number of H-pyrrole nitrogens is 1. The molecule has 0 aliphatic carbocycles. The van der Waals surface area contributed by atoms with Gasteiger partial charge in [-0.2, -0.15) is 0 Å². The fourth-order valence-corrected chi connectivity index (χ4v) is 1.93. The van der Waals surface area contributed by atoms with E-state index < -0.39 is 0 Å². The molecular formula is C14H16N2O. The number of benzene rings is 1. The predicted octanol–water partition coefficient (Wildman–Crippen LogP) is 2.54. The van der Waals surface area contributed by atoms with Crippen LogP contribution in [0, 0.1) is 0 Å². The molecule has 0 saturated carbocycles. The predicted molar refractivity (Wildman–Crippen MR) is 70.3 cm³/mol. The van der Waals surface area contributed by atoms with Crippen molar-refractivity contribution in [1.82, 2.24) is 4.98 Å². The number of aromatic nitrogens is 1. The van der Waals surface area contributed by atoms with Crippen LogP contribution in [0.5, 0.6) is 0 Å². The SMILES string of the molecule is C/C=C(/c1cccc(CO)c1)c1cc[nH]c1N. The lowest BCUT2D eigenvalue weighted by Crippen LogP contribution is -1.94. The average molecular weight is 228 g/mol. The molecule has 4 N–H and O–H groups in total. The third-order valence-electron chi connectivity index (χ3n) is 2.78. The summed E-state index contributed by atoms with van der Waals surface area (Å²) in [5.41, 5.74) is 9.90. The van der Waals surface area contributed by atoms with E-state index in [1.165, 1.54) is 0 Å². The van der Waals surface area contributed by atoms with Crippen LogP contribution < -0.4 is 5.73 Å². The number of nitrogens with one attached hydrogen (secondary N) is 1. The van der Waals surface area contributed by atoms with Gasteiger partial charge in [-0.05, 0) is 35.8 Å². The summed E-state index contributed by atoms with van der Waals surface area (Å²) in [6.45, 7) is 2.03. The topological polar surface area (TPSA) is 62.0 Å². The first-order valence-corrected chi connectivity index (χ1v) is 5.56. The zero-order chi connectivity index (χ0) is 12.3. The highest BCUT2D eigenvalue weighted by Crippen LogP contribution is 2.27. The van der Waals surface area contributed by atoms with Crippen molar-refractivity contribution in [1.29, 1.82) is 0 Å². The van der Waals surface area contributed by atoms with E-state index in [1.54, 1.807) is 0 Å². The van der Waals surface area contributed by atoms with Crippen molar-refractivity contribution in [2.75, 3.05) is 5.73 Å². The van der Waals surface area contributed by atoms with Crippen LogP contribution in [0.15, 0.2) is 42.6 Å². The second-order valence-corrected chi connectivity index (χ2v) is 3.87. The zero-order valence-corrected chi connectivity index (χ0v) is 9.77. The lowest BCUT2D eigenvalue weighted by molar-refractivity contribution is 0.282. The molecule has 1 heterocycles. The molecule has 0 unspecified atom stereocenters. The Kier molecular flexibility index (Phi) is 3.30. The second-order valence-electron chi connectivity index (χ2n) is 3.87. The van der Waals surface area contributed by atoms with Crippen LogP contribution in [0.2, 0.25) is 0 Å². The lowest BCUT2D eigenvalue weighted by Gasteiger charge is -2.08. The minimum Gasteiger partial charge on any atom is -0.392 e. The van der Waals surface area contributed by atoms with Gasteiger partial charge in [0.25, 0.3) is 0 Å². The van der Waals surface area contributed by atoms with Crippen molar-refractivity contribution in [2.24, 2.45) is 0 Å². The number of nitrogens with two attached hydrogens (primary N) is 1. The van der Waals surface area contributed by atoms with Crippen molar-refractivity contribution in [3.63, 3.8) is 0 Å². The molecule has 0 spiro atoms. The number of anilines is 1. The van der Waals surface area contributed by atoms with E-state index in [0.29, 0.717) is 5.82 Å². The molecule has 2 aromatic rings. The minimum absolute atomic E-state index is 0.0491. The molecule has 3 heteroatoms. The maximum atomic E-state index is 9.15. The second kappa shape index (κ2) is 4.89. The monoisotopic (exact) mass is 228 g/mol. The van der Waals surface area contributed by atoms with E-state index in [2.05, 4.69) is 4.98 Å². The summed E-state index contributed by atoms with van der Waals surface area (Å²) >= 11 is 0. The van der Waals surface area contributed by atoms with Gasteiger partial charge in [-0.1, -0.05) is 24.3 Å². The van der Waals surface area contributed by atoms with E-state index >= 15 is 0 Å². The first-order chi connectivity index (χ1) is 8.26. The molecule has 2 rings (SSSR count). The molecule has 1 aromatic heterocycles. The van der Waals surface area contributed by atoms with Gasteiger partial charge in [0, 0.05) is 11.8 Å². The number of rotatable bonds is 3. The summed E-state index contributed by atoms with van der Waals surface area (Å²) in [6, 6.07) is 9.78. The third kappa shape index (κ3) is 2.24. The average Bonchev–Trinajstić information content (AvgIpc) is 2.77. The molecular weight excluding hydrogens is 212 g/mol. The van der Waals surface area contributed by atoms with Crippen LogP contribution >= 0.6 is 0 Å². The highest BCUT2D eigenvalue weighted by atomic mass is 16.3. The largest absolute Gasteiger partial charge is 0.392 e. The number of nitrogen functional groups attached to an aromatic ring is 1. The van der Waals surface area contributed by atoms with Gasteiger partial charge >= 0.3 is 0 Å². The number of aromatic amines is 1. The zero-order valence-electron chi connectivity index (χ0n) is 9.77. The highest BCUT2D eigenvalue weighted by Gasteiger charge is 2.08. The molecule has 0 amide bonds. The van der Waals surface area contributed by atoms with Gasteiger partial charge < -0.3 is 15.8 Å². The third-order valence-corrected chi connectivity index (χ3v) is 2.78. The molecule has 0 fully saturated rings. The summed E-state index contributed by atoms with van der Waals surface area (Å²) in [4.78, 5) is 2.97. The Morgan fingerprint density at radius 3 is 2.82 bits per heavy atom. The van der Waals surface area contributed by atoms with Gasteiger partial charge in [-0.15, -0.1) is 0 Å². The first kappa shape index (κ1) is 11.5. The maximum absolute atomic E-state index is 9.15. The number of hydrogen-bond acceptors (Lipinski definition) is 2. The van der Waals surface area contributed by atoms with E-state index in [4.69, 9.17) is 10.8 Å². The highest BCUT2D eigenvalue weighted by molar-refractivity contribution is 5.84. The molecule has 0 bridgehead atoms.